The molecule has 0 aliphatic heterocycles. The Morgan fingerprint density at radius 3 is 2.04 bits per heavy atom. The number of rotatable bonds is 5. The number of hydrogen-bond acceptors (Lipinski definition) is 5. The molecule has 0 amide bonds. The first-order chi connectivity index (χ1) is 12.4. The van der Waals surface area contributed by atoms with Crippen LogP contribution in [-0.2, 0) is 4.79 Å². The fourth-order valence-electron chi connectivity index (χ4n) is 2.40. The van der Waals surface area contributed by atoms with Gasteiger partial charge in [-0.15, -0.1) is 0 Å². The number of benzene rings is 2. The molecule has 2 aromatic rings. The lowest BCUT2D eigenvalue weighted by atomic mass is 9.97. The van der Waals surface area contributed by atoms with Gasteiger partial charge in [0.2, 0.25) is 11.5 Å². The predicted molar refractivity (Wildman–Crippen MR) is 107 cm³/mol. The molecule has 0 radical (unpaired) electrons. The molecule has 0 aliphatic carbocycles. The first-order valence-electron chi connectivity index (χ1n) is 8.95. The maximum absolute atomic E-state index is 12.6. The average molecular weight is 395 g/mol. The Morgan fingerprint density at radius 2 is 1.52 bits per heavy atom. The zero-order valence-electron chi connectivity index (χ0n) is 16.8. The lowest BCUT2D eigenvalue weighted by Gasteiger charge is -2.24. The fourth-order valence-corrected chi connectivity index (χ4v) is 2.57. The maximum atomic E-state index is 12.6. The predicted octanol–water partition coefficient (Wildman–Crippen LogP) is 5.72. The van der Waals surface area contributed by atoms with Gasteiger partial charge in [0.25, 0.3) is 0 Å². The Morgan fingerprint density at radius 1 is 0.963 bits per heavy atom. The van der Waals surface area contributed by atoms with Crippen LogP contribution in [0.5, 0.6) is 23.0 Å². The molecule has 6 heteroatoms. The summed E-state index contributed by atoms with van der Waals surface area (Å²) in [6.07, 6.45) is -0.455. The van der Waals surface area contributed by atoms with Gasteiger partial charge in [-0.25, -0.2) is 0 Å². The van der Waals surface area contributed by atoms with E-state index in [0.717, 1.165) is 0 Å². The number of aromatic hydroxyl groups is 1. The van der Waals surface area contributed by atoms with E-state index in [9.17, 15) is 9.90 Å². The quantitative estimate of drug-likeness (QED) is 0.518. The van der Waals surface area contributed by atoms with Gasteiger partial charge in [-0.05, 0) is 66.7 Å². The summed E-state index contributed by atoms with van der Waals surface area (Å²) < 4.78 is 17.5. The van der Waals surface area contributed by atoms with E-state index in [2.05, 4.69) is 0 Å². The lowest BCUT2D eigenvalue weighted by Crippen LogP contribution is -2.26. The molecule has 0 atom stereocenters. The Hall–Kier alpha value is -2.14. The minimum Gasteiger partial charge on any atom is -0.504 e. The molecule has 0 bridgehead atoms. The van der Waals surface area contributed by atoms with Crippen molar-refractivity contribution in [2.45, 2.75) is 60.7 Å². The van der Waals surface area contributed by atoms with Gasteiger partial charge in [-0.2, -0.15) is 0 Å². The van der Waals surface area contributed by atoms with Crippen LogP contribution >= 0.6 is 11.6 Å². The standard InChI is InChI=1S/C21H27ClO5/c1-11(2)25-18-16(23)14-9-8-13(22)10-15(14)17(19(18)26-12(3)4)27-20(24)21(5,6)7/h8-12,23H,1-7H3. The van der Waals surface area contributed by atoms with E-state index in [-0.39, 0.29) is 35.2 Å². The summed E-state index contributed by atoms with van der Waals surface area (Å²) in [5.41, 5.74) is -0.725. The van der Waals surface area contributed by atoms with Gasteiger partial charge < -0.3 is 19.3 Å². The Bertz CT molecular complexity index is 850. The summed E-state index contributed by atoms with van der Waals surface area (Å²) in [5.74, 6) is 0.00326. The summed E-state index contributed by atoms with van der Waals surface area (Å²) in [5, 5.41) is 12.2. The van der Waals surface area contributed by atoms with E-state index in [0.29, 0.717) is 15.8 Å². The number of esters is 1. The zero-order chi connectivity index (χ0) is 20.5. The van der Waals surface area contributed by atoms with E-state index >= 15 is 0 Å². The smallest absolute Gasteiger partial charge is 0.316 e. The van der Waals surface area contributed by atoms with Gasteiger partial charge in [0.1, 0.15) is 0 Å². The average Bonchev–Trinajstić information content (AvgIpc) is 2.52. The monoisotopic (exact) mass is 394 g/mol. The van der Waals surface area contributed by atoms with E-state index < -0.39 is 11.4 Å². The Kier molecular flexibility index (Phi) is 6.15. The molecule has 1 N–H and O–H groups in total. The van der Waals surface area contributed by atoms with Crippen molar-refractivity contribution >= 4 is 28.3 Å². The van der Waals surface area contributed by atoms with Crippen molar-refractivity contribution in [2.24, 2.45) is 5.41 Å². The van der Waals surface area contributed by atoms with Crippen molar-refractivity contribution in [3.05, 3.63) is 23.2 Å². The second-order valence-corrected chi connectivity index (χ2v) is 8.44. The molecule has 0 heterocycles. The Balaban J connectivity index is 2.85. The maximum Gasteiger partial charge on any atom is 0.316 e. The normalized spacial score (nSPS) is 11.9. The minimum absolute atomic E-state index is 0.0819. The van der Waals surface area contributed by atoms with Crippen molar-refractivity contribution in [3.63, 3.8) is 0 Å². The van der Waals surface area contributed by atoms with Gasteiger partial charge in [-0.3, -0.25) is 4.79 Å². The molecular formula is C21H27ClO5. The number of fused-ring (bicyclic) bond motifs is 1. The summed E-state index contributed by atoms with van der Waals surface area (Å²) in [6.45, 7) is 12.6. The second-order valence-electron chi connectivity index (χ2n) is 8.00. The largest absolute Gasteiger partial charge is 0.504 e. The molecule has 148 valence electrons. The van der Waals surface area contributed by atoms with Gasteiger partial charge in [0.05, 0.1) is 17.6 Å². The van der Waals surface area contributed by atoms with Crippen LogP contribution in [-0.4, -0.2) is 23.3 Å². The third kappa shape index (κ3) is 4.78. The molecule has 0 saturated heterocycles. The van der Waals surface area contributed by atoms with Crippen LogP contribution in [0.25, 0.3) is 10.8 Å². The molecule has 27 heavy (non-hydrogen) atoms. The molecule has 5 nitrogen and oxygen atoms in total. The fraction of sp³-hybridized carbons (Fsp3) is 0.476. The van der Waals surface area contributed by atoms with Crippen LogP contribution < -0.4 is 14.2 Å². The van der Waals surface area contributed by atoms with Crippen LogP contribution in [0.4, 0.5) is 0 Å². The number of hydrogen-bond donors (Lipinski definition) is 1. The van der Waals surface area contributed by atoms with Crippen molar-refractivity contribution in [1.82, 2.24) is 0 Å². The van der Waals surface area contributed by atoms with Crippen LogP contribution in [0, 0.1) is 5.41 Å². The van der Waals surface area contributed by atoms with Gasteiger partial charge in [0, 0.05) is 15.8 Å². The number of carbonyl (C=O) groups excluding carboxylic acids is 1. The van der Waals surface area contributed by atoms with Crippen molar-refractivity contribution in [3.8, 4) is 23.0 Å². The minimum atomic E-state index is -0.725. The zero-order valence-corrected chi connectivity index (χ0v) is 17.6. The number of phenols is 1. The lowest BCUT2D eigenvalue weighted by molar-refractivity contribution is -0.143. The first kappa shape index (κ1) is 21.2. The van der Waals surface area contributed by atoms with E-state index in [1.54, 1.807) is 39.0 Å². The SMILES string of the molecule is CC(C)Oc1c(OC(C)C)c(OC(=O)C(C)(C)C)c2cc(Cl)ccc2c1O. The van der Waals surface area contributed by atoms with Crippen molar-refractivity contribution in [2.75, 3.05) is 0 Å². The highest BCUT2D eigenvalue weighted by atomic mass is 35.5. The van der Waals surface area contributed by atoms with Crippen LogP contribution in [0.3, 0.4) is 0 Å². The molecule has 0 unspecified atom stereocenters. The van der Waals surface area contributed by atoms with Crippen LogP contribution in [0.15, 0.2) is 18.2 Å². The van der Waals surface area contributed by atoms with E-state index in [1.807, 2.05) is 27.7 Å². The van der Waals surface area contributed by atoms with Gasteiger partial charge in [0.15, 0.2) is 11.5 Å². The highest BCUT2D eigenvalue weighted by Crippen LogP contribution is 2.52. The van der Waals surface area contributed by atoms with E-state index in [4.69, 9.17) is 25.8 Å². The first-order valence-corrected chi connectivity index (χ1v) is 9.33. The highest BCUT2D eigenvalue weighted by molar-refractivity contribution is 6.31. The van der Waals surface area contributed by atoms with Gasteiger partial charge >= 0.3 is 5.97 Å². The van der Waals surface area contributed by atoms with Crippen molar-refractivity contribution in [1.29, 1.82) is 0 Å². The molecule has 2 aromatic carbocycles. The Labute approximate surface area is 165 Å². The van der Waals surface area contributed by atoms with Gasteiger partial charge in [-0.1, -0.05) is 11.6 Å². The molecule has 0 aromatic heterocycles. The van der Waals surface area contributed by atoms with E-state index in [1.165, 1.54) is 0 Å². The van der Waals surface area contributed by atoms with Crippen molar-refractivity contribution < 1.29 is 24.1 Å². The molecular weight excluding hydrogens is 368 g/mol. The third-order valence-electron chi connectivity index (χ3n) is 3.62. The third-order valence-corrected chi connectivity index (χ3v) is 3.86. The number of ether oxygens (including phenoxy) is 3. The molecule has 0 aliphatic rings. The summed E-state index contributed by atoms with van der Waals surface area (Å²) >= 11 is 6.16. The highest BCUT2D eigenvalue weighted by Gasteiger charge is 2.30. The number of phenolic OH excluding ortho intramolecular Hbond substituents is 1. The number of halogens is 1. The summed E-state index contributed by atoms with van der Waals surface area (Å²) in [6, 6.07) is 4.95. The molecule has 0 fully saturated rings. The summed E-state index contributed by atoms with van der Waals surface area (Å²) in [4.78, 5) is 12.6. The molecule has 2 rings (SSSR count). The molecule has 0 saturated carbocycles. The second kappa shape index (κ2) is 7.85. The number of carbonyl (C=O) groups is 1. The van der Waals surface area contributed by atoms with Crippen LogP contribution in [0.1, 0.15) is 48.5 Å². The van der Waals surface area contributed by atoms with Crippen LogP contribution in [0.2, 0.25) is 5.02 Å². The summed E-state index contributed by atoms with van der Waals surface area (Å²) in [7, 11) is 0. The molecule has 0 spiro atoms. The topological polar surface area (TPSA) is 65.0 Å².